The number of Topliss-reactive ketones (excluding diaryl/α,β-unsaturated/α-hetero) is 1. The quantitative estimate of drug-likeness (QED) is 0.428. The van der Waals surface area contributed by atoms with Crippen LogP contribution in [-0.2, 0) is 19.7 Å². The molecule has 0 radical (unpaired) electrons. The third-order valence-corrected chi connectivity index (χ3v) is 7.90. The van der Waals surface area contributed by atoms with Crippen LogP contribution in [0.5, 0.6) is 11.5 Å². The van der Waals surface area contributed by atoms with Gasteiger partial charge in [0.15, 0.2) is 11.5 Å². The SMILES string of the molecule is COC(=O)N(C(=O)[C@@H](N)C(C)C)C(=O)[C@@H]1CCCN1[C@H](C(=O)c1nnc(C(C)(C)c2ccc3c(c2)OCO3)o1)C(C)C. The number of nitrogens with two attached hydrogens (primary N) is 1. The van der Waals surface area contributed by atoms with E-state index in [2.05, 4.69) is 10.2 Å². The first kappa shape index (κ1) is 31.1. The third kappa shape index (κ3) is 5.75. The molecule has 1 aromatic carbocycles. The smallest absolute Gasteiger partial charge is 0.423 e. The summed E-state index contributed by atoms with van der Waals surface area (Å²) in [5.41, 5.74) is 6.07. The molecule has 228 valence electrons. The number of fused-ring (bicyclic) bond motifs is 1. The van der Waals surface area contributed by atoms with Gasteiger partial charge in [-0.3, -0.25) is 19.3 Å². The summed E-state index contributed by atoms with van der Waals surface area (Å²) < 4.78 is 21.6. The van der Waals surface area contributed by atoms with Crippen molar-refractivity contribution in [2.24, 2.45) is 17.6 Å². The maximum Gasteiger partial charge on any atom is 0.423 e. The molecular weight excluding hydrogens is 546 g/mol. The van der Waals surface area contributed by atoms with Gasteiger partial charge in [0, 0.05) is 0 Å². The zero-order valence-electron chi connectivity index (χ0n) is 25.1. The van der Waals surface area contributed by atoms with Gasteiger partial charge in [0.1, 0.15) is 0 Å². The Labute approximate surface area is 244 Å². The number of rotatable bonds is 9. The molecular formula is C29H39N5O8. The highest BCUT2D eigenvalue weighted by Crippen LogP contribution is 2.39. The molecule has 0 unspecified atom stereocenters. The van der Waals surface area contributed by atoms with Crippen LogP contribution < -0.4 is 15.2 Å². The van der Waals surface area contributed by atoms with Crippen molar-refractivity contribution >= 4 is 23.7 Å². The van der Waals surface area contributed by atoms with Gasteiger partial charge in [0.25, 0.3) is 17.7 Å². The maximum absolute atomic E-state index is 13.9. The number of imide groups is 3. The van der Waals surface area contributed by atoms with Crippen LogP contribution in [-0.4, -0.2) is 82.3 Å². The molecule has 3 atom stereocenters. The summed E-state index contributed by atoms with van der Waals surface area (Å²) in [4.78, 5) is 55.4. The van der Waals surface area contributed by atoms with Crippen molar-refractivity contribution in [1.82, 2.24) is 20.0 Å². The molecule has 4 rings (SSSR count). The van der Waals surface area contributed by atoms with Crippen molar-refractivity contribution in [3.63, 3.8) is 0 Å². The Morgan fingerprint density at radius 2 is 1.76 bits per heavy atom. The van der Waals surface area contributed by atoms with Gasteiger partial charge in [-0.2, -0.15) is 4.90 Å². The van der Waals surface area contributed by atoms with Gasteiger partial charge in [-0.15, -0.1) is 10.2 Å². The number of hydrogen-bond donors (Lipinski definition) is 1. The number of benzene rings is 1. The van der Waals surface area contributed by atoms with Gasteiger partial charge in [-0.25, -0.2) is 4.79 Å². The minimum atomic E-state index is -1.12. The molecule has 3 amide bonds. The van der Waals surface area contributed by atoms with Crippen LogP contribution in [0.15, 0.2) is 22.6 Å². The predicted molar refractivity (Wildman–Crippen MR) is 149 cm³/mol. The summed E-state index contributed by atoms with van der Waals surface area (Å²) in [6.45, 7) is 11.4. The number of carbonyl (C=O) groups is 4. The molecule has 13 heteroatoms. The number of ether oxygens (including phenoxy) is 3. The Kier molecular flexibility index (Phi) is 9.02. The number of nitrogens with zero attached hydrogens (tertiary/aromatic N) is 4. The first-order valence-corrected chi connectivity index (χ1v) is 14.0. The van der Waals surface area contributed by atoms with Crippen LogP contribution >= 0.6 is 0 Å². The molecule has 0 spiro atoms. The van der Waals surface area contributed by atoms with Gasteiger partial charge in [-0.05, 0) is 62.8 Å². The summed E-state index contributed by atoms with van der Waals surface area (Å²) in [6, 6.07) is 2.65. The molecule has 1 fully saturated rings. The molecule has 0 aliphatic carbocycles. The minimum absolute atomic E-state index is 0.144. The summed E-state index contributed by atoms with van der Waals surface area (Å²) in [6.07, 6.45) is -0.217. The average molecular weight is 586 g/mol. The fourth-order valence-corrected chi connectivity index (χ4v) is 5.30. The Morgan fingerprint density at radius 1 is 1.07 bits per heavy atom. The van der Waals surface area contributed by atoms with Crippen LogP contribution in [0.1, 0.15) is 76.5 Å². The lowest BCUT2D eigenvalue weighted by Gasteiger charge is -2.35. The molecule has 2 aromatic rings. The van der Waals surface area contributed by atoms with E-state index >= 15 is 0 Å². The van der Waals surface area contributed by atoms with E-state index < -0.39 is 47.2 Å². The van der Waals surface area contributed by atoms with Crippen molar-refractivity contribution in [1.29, 1.82) is 0 Å². The van der Waals surface area contributed by atoms with E-state index in [1.165, 1.54) is 0 Å². The summed E-state index contributed by atoms with van der Waals surface area (Å²) in [7, 11) is 1.09. The second kappa shape index (κ2) is 12.2. The normalized spacial score (nSPS) is 18.3. The van der Waals surface area contributed by atoms with Crippen molar-refractivity contribution in [2.75, 3.05) is 20.4 Å². The number of amides is 3. The van der Waals surface area contributed by atoms with Gasteiger partial charge in [0.2, 0.25) is 18.5 Å². The van der Waals surface area contributed by atoms with E-state index in [-0.39, 0.29) is 30.4 Å². The van der Waals surface area contributed by atoms with E-state index in [0.29, 0.717) is 35.8 Å². The highest BCUT2D eigenvalue weighted by molar-refractivity contribution is 6.12. The van der Waals surface area contributed by atoms with Crippen molar-refractivity contribution in [2.45, 2.75) is 77.9 Å². The van der Waals surface area contributed by atoms with E-state index in [4.69, 9.17) is 24.4 Å². The van der Waals surface area contributed by atoms with Crippen LogP contribution in [0.2, 0.25) is 0 Å². The van der Waals surface area contributed by atoms with Gasteiger partial charge < -0.3 is 24.4 Å². The fourth-order valence-electron chi connectivity index (χ4n) is 5.30. The summed E-state index contributed by atoms with van der Waals surface area (Å²) in [5.74, 6) is -1.41. The predicted octanol–water partition coefficient (Wildman–Crippen LogP) is 2.90. The Morgan fingerprint density at radius 3 is 2.40 bits per heavy atom. The van der Waals surface area contributed by atoms with Crippen LogP contribution in [0.3, 0.4) is 0 Å². The number of hydrogen-bond acceptors (Lipinski definition) is 12. The zero-order valence-corrected chi connectivity index (χ0v) is 25.1. The molecule has 1 aromatic heterocycles. The maximum atomic E-state index is 13.9. The molecule has 3 heterocycles. The molecule has 1 saturated heterocycles. The number of ketones is 1. The zero-order chi connectivity index (χ0) is 30.9. The Bertz CT molecular complexity index is 1350. The van der Waals surface area contributed by atoms with Crippen molar-refractivity contribution in [3.05, 3.63) is 35.5 Å². The number of carbonyl (C=O) groups excluding carboxylic acids is 4. The highest BCUT2D eigenvalue weighted by Gasteiger charge is 2.47. The van der Waals surface area contributed by atoms with Crippen molar-refractivity contribution in [3.8, 4) is 11.5 Å². The summed E-state index contributed by atoms with van der Waals surface area (Å²) >= 11 is 0. The number of aromatic nitrogens is 2. The van der Waals surface area contributed by atoms with E-state index in [1.54, 1.807) is 24.8 Å². The van der Waals surface area contributed by atoms with E-state index in [0.717, 1.165) is 12.7 Å². The summed E-state index contributed by atoms with van der Waals surface area (Å²) in [5, 5.41) is 8.28. The Hall–Kier alpha value is -3.84. The lowest BCUT2D eigenvalue weighted by atomic mass is 9.84. The monoisotopic (exact) mass is 585 g/mol. The number of likely N-dealkylation sites (tertiary alicyclic amines) is 1. The molecule has 2 N–H and O–H groups in total. The molecule has 2 aliphatic rings. The van der Waals surface area contributed by atoms with Crippen molar-refractivity contribution < 1.29 is 37.8 Å². The van der Waals surface area contributed by atoms with Crippen LogP contribution in [0, 0.1) is 11.8 Å². The first-order chi connectivity index (χ1) is 19.8. The topological polar surface area (TPSA) is 167 Å². The van der Waals surface area contributed by atoms with Gasteiger partial charge in [-0.1, -0.05) is 33.8 Å². The standard InChI is InChI=1S/C29H39N5O8/c1-15(2)21(30)26(37)34(28(38)39-7)25(36)18-9-8-12-33(18)22(16(3)4)23(35)24-31-32-27(42-24)29(5,6)17-10-11-19-20(13-17)41-14-40-19/h10-11,13,15-16,18,21-22H,8-9,12,14,30H2,1-7H3/t18-,21-,22-/m0/s1. The van der Waals surface area contributed by atoms with E-state index in [9.17, 15) is 19.2 Å². The average Bonchev–Trinajstić information content (AvgIpc) is 3.72. The molecule has 0 bridgehead atoms. The largest absolute Gasteiger partial charge is 0.454 e. The number of methoxy groups -OCH3 is 1. The van der Waals surface area contributed by atoms with Gasteiger partial charge >= 0.3 is 6.09 Å². The first-order valence-electron chi connectivity index (χ1n) is 14.0. The fraction of sp³-hybridized carbons (Fsp3) is 0.586. The molecule has 0 saturated carbocycles. The molecule has 2 aliphatic heterocycles. The Balaban J connectivity index is 1.60. The van der Waals surface area contributed by atoms with E-state index in [1.807, 2.05) is 39.8 Å². The van der Waals surface area contributed by atoms with Crippen LogP contribution in [0.4, 0.5) is 4.79 Å². The highest BCUT2D eigenvalue weighted by atomic mass is 16.7. The van der Waals surface area contributed by atoms with Gasteiger partial charge in [0.05, 0.1) is 30.7 Å². The molecule has 13 nitrogen and oxygen atoms in total. The lowest BCUT2D eigenvalue weighted by molar-refractivity contribution is -0.146. The molecule has 42 heavy (non-hydrogen) atoms. The minimum Gasteiger partial charge on any atom is -0.454 e. The third-order valence-electron chi connectivity index (χ3n) is 7.90. The van der Waals surface area contributed by atoms with Crippen LogP contribution in [0.25, 0.3) is 0 Å². The second-order valence-electron chi connectivity index (χ2n) is 11.8. The second-order valence-corrected chi connectivity index (χ2v) is 11.8. The lowest BCUT2D eigenvalue weighted by Crippen LogP contribution is -2.58.